The number of rotatable bonds is 1. The molecule has 0 spiro atoms. The highest BCUT2D eigenvalue weighted by molar-refractivity contribution is 5.97. The zero-order chi connectivity index (χ0) is 10.1. The van der Waals surface area contributed by atoms with Gasteiger partial charge in [-0.1, -0.05) is 0 Å². The van der Waals surface area contributed by atoms with Crippen molar-refractivity contribution in [3.05, 3.63) is 30.1 Å². The van der Waals surface area contributed by atoms with Crippen LogP contribution in [0.15, 0.2) is 18.2 Å². The SMILES string of the molecule is CNC(=O)c1ccc2c(c1)n[c]n2C. The third kappa shape index (κ3) is 1.25. The lowest BCUT2D eigenvalue weighted by Gasteiger charge is -1.99. The van der Waals surface area contributed by atoms with Crippen LogP contribution in [0.5, 0.6) is 0 Å². The van der Waals surface area contributed by atoms with Crippen LogP contribution in [-0.4, -0.2) is 22.5 Å². The van der Waals surface area contributed by atoms with Gasteiger partial charge < -0.3 is 9.88 Å². The molecule has 0 unspecified atom stereocenters. The van der Waals surface area contributed by atoms with Gasteiger partial charge in [0.25, 0.3) is 5.91 Å². The van der Waals surface area contributed by atoms with Crippen LogP contribution in [0.1, 0.15) is 10.4 Å². The Balaban J connectivity index is 2.57. The van der Waals surface area contributed by atoms with E-state index < -0.39 is 0 Å². The van der Waals surface area contributed by atoms with Crippen LogP contribution in [0.3, 0.4) is 0 Å². The molecule has 4 nitrogen and oxygen atoms in total. The lowest BCUT2D eigenvalue weighted by atomic mass is 10.2. The standard InChI is InChI=1S/C10H10N3O/c1-11-10(14)7-3-4-9-8(5-7)12-6-13(9)2/h3-5H,1-2H3,(H,11,14). The van der Waals surface area contributed by atoms with Gasteiger partial charge in [-0.3, -0.25) is 4.79 Å². The number of nitrogens with one attached hydrogen (secondary N) is 1. The molecule has 2 rings (SSSR count). The molecule has 4 heteroatoms. The monoisotopic (exact) mass is 188 g/mol. The largest absolute Gasteiger partial charge is 0.355 e. The summed E-state index contributed by atoms with van der Waals surface area (Å²) in [6.45, 7) is 0. The number of benzene rings is 1. The first-order valence-electron chi connectivity index (χ1n) is 4.28. The van der Waals surface area contributed by atoms with E-state index >= 15 is 0 Å². The third-order valence-corrected chi connectivity index (χ3v) is 2.15. The van der Waals surface area contributed by atoms with E-state index in [0.29, 0.717) is 5.56 Å². The molecule has 1 aromatic carbocycles. The second kappa shape index (κ2) is 3.14. The lowest BCUT2D eigenvalue weighted by molar-refractivity contribution is 0.0963. The van der Waals surface area contributed by atoms with Crippen LogP contribution >= 0.6 is 0 Å². The fourth-order valence-electron chi connectivity index (χ4n) is 1.36. The number of fused-ring (bicyclic) bond motifs is 1. The Bertz CT molecular complexity index is 487. The summed E-state index contributed by atoms with van der Waals surface area (Å²) in [5.74, 6) is -0.0995. The highest BCUT2D eigenvalue weighted by Crippen LogP contribution is 2.13. The van der Waals surface area contributed by atoms with Gasteiger partial charge in [0, 0.05) is 19.7 Å². The molecule has 0 atom stereocenters. The number of carbonyl (C=O) groups excluding carboxylic acids is 1. The first-order chi connectivity index (χ1) is 6.72. The van der Waals surface area contributed by atoms with Crippen molar-refractivity contribution in [2.75, 3.05) is 7.05 Å². The van der Waals surface area contributed by atoms with Crippen molar-refractivity contribution in [1.82, 2.24) is 14.9 Å². The summed E-state index contributed by atoms with van der Waals surface area (Å²) in [7, 11) is 3.48. The Labute approximate surface area is 81.6 Å². The van der Waals surface area contributed by atoms with E-state index in [1.807, 2.05) is 13.1 Å². The quantitative estimate of drug-likeness (QED) is 0.717. The summed E-state index contributed by atoms with van der Waals surface area (Å²) >= 11 is 0. The van der Waals surface area contributed by atoms with E-state index in [-0.39, 0.29) is 5.91 Å². The van der Waals surface area contributed by atoms with Crippen molar-refractivity contribution >= 4 is 16.9 Å². The molecule has 0 fully saturated rings. The molecule has 0 bridgehead atoms. The maximum absolute atomic E-state index is 11.3. The number of hydrogen-bond acceptors (Lipinski definition) is 2. The Morgan fingerprint density at radius 3 is 3.07 bits per heavy atom. The summed E-state index contributed by atoms with van der Waals surface area (Å²) in [5.41, 5.74) is 2.37. The molecule has 1 aromatic heterocycles. The number of aromatic nitrogens is 2. The van der Waals surface area contributed by atoms with Crippen molar-refractivity contribution in [2.24, 2.45) is 7.05 Å². The minimum Gasteiger partial charge on any atom is -0.355 e. The zero-order valence-corrected chi connectivity index (χ0v) is 8.03. The fourth-order valence-corrected chi connectivity index (χ4v) is 1.36. The van der Waals surface area contributed by atoms with E-state index in [1.165, 1.54) is 0 Å². The number of hydrogen-bond donors (Lipinski definition) is 1. The van der Waals surface area contributed by atoms with E-state index in [2.05, 4.69) is 16.6 Å². The Hall–Kier alpha value is -1.84. The van der Waals surface area contributed by atoms with Gasteiger partial charge in [-0.25, -0.2) is 4.98 Å². The predicted molar refractivity (Wildman–Crippen MR) is 52.9 cm³/mol. The summed E-state index contributed by atoms with van der Waals surface area (Å²) in [4.78, 5) is 15.4. The summed E-state index contributed by atoms with van der Waals surface area (Å²) in [6.07, 6.45) is 2.80. The molecule has 14 heavy (non-hydrogen) atoms. The normalized spacial score (nSPS) is 10.4. The highest BCUT2D eigenvalue weighted by Gasteiger charge is 2.06. The maximum Gasteiger partial charge on any atom is 0.251 e. The third-order valence-electron chi connectivity index (χ3n) is 2.15. The minimum atomic E-state index is -0.0995. The Morgan fingerprint density at radius 2 is 2.36 bits per heavy atom. The average Bonchev–Trinajstić information content (AvgIpc) is 2.59. The van der Waals surface area contributed by atoms with Gasteiger partial charge in [0.1, 0.15) is 0 Å². The van der Waals surface area contributed by atoms with Crippen molar-refractivity contribution in [3.63, 3.8) is 0 Å². The molecular formula is C10H10N3O. The van der Waals surface area contributed by atoms with Gasteiger partial charge >= 0.3 is 0 Å². The zero-order valence-electron chi connectivity index (χ0n) is 8.03. The van der Waals surface area contributed by atoms with E-state index in [0.717, 1.165) is 11.0 Å². The summed E-state index contributed by atoms with van der Waals surface area (Å²) < 4.78 is 1.79. The molecule has 71 valence electrons. The van der Waals surface area contributed by atoms with E-state index in [4.69, 9.17) is 0 Å². The van der Waals surface area contributed by atoms with Crippen molar-refractivity contribution in [2.45, 2.75) is 0 Å². The van der Waals surface area contributed by atoms with Crippen LogP contribution in [-0.2, 0) is 7.05 Å². The lowest BCUT2D eigenvalue weighted by Crippen LogP contribution is -2.17. The van der Waals surface area contributed by atoms with Crippen LogP contribution in [0, 0.1) is 6.33 Å². The highest BCUT2D eigenvalue weighted by atomic mass is 16.1. The first-order valence-corrected chi connectivity index (χ1v) is 4.28. The number of aryl methyl sites for hydroxylation is 1. The number of amides is 1. The van der Waals surface area contributed by atoms with Crippen LogP contribution < -0.4 is 5.32 Å². The molecular weight excluding hydrogens is 178 g/mol. The first kappa shape index (κ1) is 8.74. The van der Waals surface area contributed by atoms with Crippen molar-refractivity contribution < 1.29 is 4.79 Å². The van der Waals surface area contributed by atoms with E-state index in [1.54, 1.807) is 23.7 Å². The molecule has 0 saturated heterocycles. The maximum atomic E-state index is 11.3. The molecule has 0 aliphatic carbocycles. The van der Waals surface area contributed by atoms with Gasteiger partial charge in [-0.05, 0) is 18.2 Å². The molecule has 1 heterocycles. The molecule has 0 aliphatic rings. The van der Waals surface area contributed by atoms with Crippen molar-refractivity contribution in [1.29, 1.82) is 0 Å². The Morgan fingerprint density at radius 1 is 1.57 bits per heavy atom. The van der Waals surface area contributed by atoms with Gasteiger partial charge in [-0.2, -0.15) is 0 Å². The number of carbonyl (C=O) groups is 1. The van der Waals surface area contributed by atoms with Crippen molar-refractivity contribution in [3.8, 4) is 0 Å². The van der Waals surface area contributed by atoms with Crippen LogP contribution in [0.25, 0.3) is 11.0 Å². The summed E-state index contributed by atoms with van der Waals surface area (Å²) in [6, 6.07) is 5.39. The fraction of sp³-hybridized carbons (Fsp3) is 0.200. The minimum absolute atomic E-state index is 0.0995. The molecule has 1 N–H and O–H groups in total. The molecule has 1 amide bonds. The molecule has 2 aromatic rings. The molecule has 0 aliphatic heterocycles. The summed E-state index contributed by atoms with van der Waals surface area (Å²) in [5, 5.41) is 2.57. The van der Waals surface area contributed by atoms with Gasteiger partial charge in [0.2, 0.25) is 0 Å². The van der Waals surface area contributed by atoms with Crippen LogP contribution in [0.2, 0.25) is 0 Å². The van der Waals surface area contributed by atoms with Gasteiger partial charge in [-0.15, -0.1) is 0 Å². The van der Waals surface area contributed by atoms with Crippen LogP contribution in [0.4, 0.5) is 0 Å². The van der Waals surface area contributed by atoms with E-state index in [9.17, 15) is 4.79 Å². The Kier molecular flexibility index (Phi) is 1.96. The predicted octanol–water partition coefficient (Wildman–Crippen LogP) is 0.733. The number of nitrogens with zero attached hydrogens (tertiary/aromatic N) is 2. The smallest absolute Gasteiger partial charge is 0.251 e. The second-order valence-corrected chi connectivity index (χ2v) is 3.05. The topological polar surface area (TPSA) is 46.9 Å². The second-order valence-electron chi connectivity index (χ2n) is 3.05. The average molecular weight is 188 g/mol. The van der Waals surface area contributed by atoms with Gasteiger partial charge in [0.15, 0.2) is 6.33 Å². The molecule has 1 radical (unpaired) electrons. The number of imidazole rings is 1. The molecule has 0 saturated carbocycles. The van der Waals surface area contributed by atoms with Gasteiger partial charge in [0.05, 0.1) is 11.0 Å².